The summed E-state index contributed by atoms with van der Waals surface area (Å²) in [6.45, 7) is -0.545. The van der Waals surface area contributed by atoms with Gasteiger partial charge in [0.05, 0.1) is 37.3 Å². The number of ether oxygens (including phenoxy) is 2. The molecule has 1 amide bonds. The van der Waals surface area contributed by atoms with Crippen molar-refractivity contribution in [3.05, 3.63) is 72.7 Å². The first-order valence-electron chi connectivity index (χ1n) is 9.11. The molecule has 162 valence electrons. The van der Waals surface area contributed by atoms with Crippen LogP contribution in [0.1, 0.15) is 5.76 Å². The summed E-state index contributed by atoms with van der Waals surface area (Å²) >= 11 is 0. The van der Waals surface area contributed by atoms with Gasteiger partial charge in [-0.1, -0.05) is 18.2 Å². The number of hydrogen-bond acceptors (Lipinski definition) is 7. The zero-order valence-corrected chi connectivity index (χ0v) is 17.7. The Balaban J connectivity index is 1.96. The van der Waals surface area contributed by atoms with Gasteiger partial charge in [-0.2, -0.15) is 5.10 Å². The van der Waals surface area contributed by atoms with Crippen LogP contribution in [-0.2, 0) is 14.8 Å². The van der Waals surface area contributed by atoms with Gasteiger partial charge in [0.2, 0.25) is 0 Å². The fourth-order valence-corrected chi connectivity index (χ4v) is 4.15. The van der Waals surface area contributed by atoms with Crippen LogP contribution in [0.4, 0.5) is 5.69 Å². The summed E-state index contributed by atoms with van der Waals surface area (Å²) < 4.78 is 43.4. The van der Waals surface area contributed by atoms with Gasteiger partial charge in [-0.25, -0.2) is 13.8 Å². The highest BCUT2D eigenvalue weighted by atomic mass is 32.2. The minimum atomic E-state index is -4.11. The van der Waals surface area contributed by atoms with Crippen molar-refractivity contribution in [3.8, 4) is 11.5 Å². The molecule has 1 N–H and O–H groups in total. The second-order valence-corrected chi connectivity index (χ2v) is 8.03. The molecule has 3 rings (SSSR count). The molecule has 0 saturated carbocycles. The Morgan fingerprint density at radius 1 is 1.10 bits per heavy atom. The van der Waals surface area contributed by atoms with E-state index >= 15 is 0 Å². The first kappa shape index (κ1) is 21.9. The van der Waals surface area contributed by atoms with Crippen LogP contribution in [-0.4, -0.2) is 41.3 Å². The number of nitrogens with zero attached hydrogens (tertiary/aromatic N) is 2. The summed E-state index contributed by atoms with van der Waals surface area (Å²) in [5.74, 6) is 0.434. The maximum Gasteiger partial charge on any atom is 0.264 e. The van der Waals surface area contributed by atoms with Gasteiger partial charge in [0.25, 0.3) is 15.9 Å². The first-order valence-corrected chi connectivity index (χ1v) is 10.5. The number of rotatable bonds is 9. The van der Waals surface area contributed by atoms with Gasteiger partial charge < -0.3 is 13.9 Å². The average molecular weight is 443 g/mol. The summed E-state index contributed by atoms with van der Waals surface area (Å²) in [6.07, 6.45) is 2.77. The zero-order chi connectivity index (χ0) is 22.3. The van der Waals surface area contributed by atoms with E-state index in [1.54, 1.807) is 42.5 Å². The molecule has 1 heterocycles. The highest BCUT2D eigenvalue weighted by molar-refractivity contribution is 7.92. The Morgan fingerprint density at radius 3 is 2.52 bits per heavy atom. The van der Waals surface area contributed by atoms with Crippen LogP contribution in [0.2, 0.25) is 0 Å². The number of anilines is 1. The number of sulfonamides is 1. The Kier molecular flexibility index (Phi) is 6.93. The van der Waals surface area contributed by atoms with Crippen LogP contribution in [0.15, 0.2) is 81.3 Å². The molecule has 1 aromatic heterocycles. The number of benzene rings is 2. The normalized spacial score (nSPS) is 11.3. The van der Waals surface area contributed by atoms with Gasteiger partial charge in [-0.3, -0.25) is 9.10 Å². The van der Waals surface area contributed by atoms with Gasteiger partial charge in [-0.05, 0) is 36.4 Å². The van der Waals surface area contributed by atoms with Crippen molar-refractivity contribution in [2.45, 2.75) is 4.90 Å². The molecular weight excluding hydrogens is 422 g/mol. The number of carbonyl (C=O) groups is 1. The fraction of sp³-hybridized carbons (Fsp3) is 0.143. The molecule has 10 heteroatoms. The van der Waals surface area contributed by atoms with Crippen LogP contribution in [0, 0.1) is 0 Å². The molecule has 0 radical (unpaired) electrons. The first-order chi connectivity index (χ1) is 15.0. The second-order valence-electron chi connectivity index (χ2n) is 6.17. The van der Waals surface area contributed by atoms with E-state index in [4.69, 9.17) is 13.9 Å². The summed E-state index contributed by atoms with van der Waals surface area (Å²) in [5.41, 5.74) is 2.45. The Morgan fingerprint density at radius 2 is 1.87 bits per heavy atom. The number of carbonyl (C=O) groups excluding carboxylic acids is 1. The molecule has 0 aliphatic carbocycles. The topological polar surface area (TPSA) is 110 Å². The number of furan rings is 1. The van der Waals surface area contributed by atoms with Crippen molar-refractivity contribution in [2.75, 3.05) is 25.1 Å². The Hall–Kier alpha value is -3.79. The van der Waals surface area contributed by atoms with Crippen molar-refractivity contribution in [1.82, 2.24) is 5.43 Å². The molecule has 0 atom stereocenters. The lowest BCUT2D eigenvalue weighted by Gasteiger charge is -2.25. The predicted molar refractivity (Wildman–Crippen MR) is 115 cm³/mol. The van der Waals surface area contributed by atoms with Crippen LogP contribution in [0.5, 0.6) is 11.5 Å². The maximum absolute atomic E-state index is 13.4. The van der Waals surface area contributed by atoms with Crippen LogP contribution in [0.25, 0.3) is 0 Å². The molecule has 0 fully saturated rings. The van der Waals surface area contributed by atoms with Crippen molar-refractivity contribution in [1.29, 1.82) is 0 Å². The average Bonchev–Trinajstić information content (AvgIpc) is 3.31. The van der Waals surface area contributed by atoms with E-state index in [0.29, 0.717) is 11.5 Å². The summed E-state index contributed by atoms with van der Waals surface area (Å²) in [4.78, 5) is 12.6. The molecule has 31 heavy (non-hydrogen) atoms. The second kappa shape index (κ2) is 9.81. The lowest BCUT2D eigenvalue weighted by Crippen LogP contribution is -2.39. The van der Waals surface area contributed by atoms with Crippen molar-refractivity contribution >= 4 is 27.8 Å². The third-order valence-electron chi connectivity index (χ3n) is 4.20. The van der Waals surface area contributed by atoms with Gasteiger partial charge in [0.15, 0.2) is 0 Å². The molecule has 0 spiro atoms. The minimum absolute atomic E-state index is 0.0201. The Bertz CT molecular complexity index is 1150. The van der Waals surface area contributed by atoms with Gasteiger partial charge >= 0.3 is 0 Å². The molecule has 0 saturated heterocycles. The SMILES string of the molecule is COc1ccc(OC)c(N(CC(=O)N/N=C\c2ccco2)S(=O)(=O)c2ccccc2)c1. The number of hydrazone groups is 1. The van der Waals surface area contributed by atoms with Gasteiger partial charge in [-0.15, -0.1) is 0 Å². The van der Waals surface area contributed by atoms with E-state index < -0.39 is 22.5 Å². The minimum Gasteiger partial charge on any atom is -0.497 e. The van der Waals surface area contributed by atoms with Gasteiger partial charge in [0.1, 0.15) is 23.8 Å². The number of methoxy groups -OCH3 is 2. The largest absolute Gasteiger partial charge is 0.497 e. The fourth-order valence-electron chi connectivity index (χ4n) is 2.71. The third-order valence-corrected chi connectivity index (χ3v) is 5.97. The van der Waals surface area contributed by atoms with E-state index in [-0.39, 0.29) is 16.3 Å². The molecule has 0 aliphatic heterocycles. The molecule has 0 aliphatic rings. The van der Waals surface area contributed by atoms with Gasteiger partial charge in [0, 0.05) is 6.07 Å². The van der Waals surface area contributed by atoms with Crippen LogP contribution >= 0.6 is 0 Å². The van der Waals surface area contributed by atoms with E-state index in [0.717, 1.165) is 4.31 Å². The highest BCUT2D eigenvalue weighted by Gasteiger charge is 2.29. The van der Waals surface area contributed by atoms with Crippen molar-refractivity contribution in [2.24, 2.45) is 5.10 Å². The standard InChI is InChI=1S/C21H21N3O6S/c1-28-16-10-11-20(29-2)19(13-16)24(31(26,27)18-8-4-3-5-9-18)15-21(25)23-22-14-17-7-6-12-30-17/h3-14H,15H2,1-2H3,(H,23,25)/b22-14-. The summed E-state index contributed by atoms with van der Waals surface area (Å²) in [6, 6.07) is 15.8. The smallest absolute Gasteiger partial charge is 0.264 e. The lowest BCUT2D eigenvalue weighted by atomic mass is 10.2. The van der Waals surface area contributed by atoms with Crippen molar-refractivity contribution < 1.29 is 27.1 Å². The predicted octanol–water partition coefficient (Wildman–Crippen LogP) is 2.64. The molecule has 0 unspecified atom stereocenters. The monoisotopic (exact) mass is 443 g/mol. The number of amides is 1. The molecule has 0 bridgehead atoms. The van der Waals surface area contributed by atoms with E-state index in [2.05, 4.69) is 10.5 Å². The van der Waals surface area contributed by atoms with E-state index in [1.807, 2.05) is 0 Å². The summed E-state index contributed by atoms with van der Waals surface area (Å²) in [7, 11) is -1.24. The molecule has 9 nitrogen and oxygen atoms in total. The summed E-state index contributed by atoms with van der Waals surface area (Å²) in [5, 5.41) is 3.80. The number of hydrogen-bond donors (Lipinski definition) is 1. The quantitative estimate of drug-likeness (QED) is 0.402. The highest BCUT2D eigenvalue weighted by Crippen LogP contribution is 2.35. The van der Waals surface area contributed by atoms with E-state index in [1.165, 1.54) is 44.9 Å². The maximum atomic E-state index is 13.4. The zero-order valence-electron chi connectivity index (χ0n) is 16.9. The number of nitrogens with one attached hydrogen (secondary N) is 1. The molecular formula is C21H21N3O6S. The van der Waals surface area contributed by atoms with E-state index in [9.17, 15) is 13.2 Å². The third kappa shape index (κ3) is 5.23. The molecule has 2 aromatic carbocycles. The Labute approximate surface area is 179 Å². The van der Waals surface area contributed by atoms with Crippen LogP contribution in [0.3, 0.4) is 0 Å². The van der Waals surface area contributed by atoms with Crippen LogP contribution < -0.4 is 19.2 Å². The molecule has 3 aromatic rings. The lowest BCUT2D eigenvalue weighted by molar-refractivity contribution is -0.119. The van der Waals surface area contributed by atoms with Crippen molar-refractivity contribution in [3.63, 3.8) is 0 Å².